The Morgan fingerprint density at radius 3 is 2.85 bits per heavy atom. The summed E-state index contributed by atoms with van der Waals surface area (Å²) in [5.41, 5.74) is 1.22. The molecular formula is C35H27ClF3N5O2. The van der Waals surface area contributed by atoms with E-state index in [4.69, 9.17) is 27.7 Å². The average molecular weight is 642 g/mol. The van der Waals surface area contributed by atoms with Crippen molar-refractivity contribution in [3.63, 3.8) is 0 Å². The number of ether oxygens (including phenoxy) is 1. The summed E-state index contributed by atoms with van der Waals surface area (Å²) in [5, 5.41) is 12.1. The summed E-state index contributed by atoms with van der Waals surface area (Å²) in [6.45, 7) is 1.87. The van der Waals surface area contributed by atoms with Gasteiger partial charge in [-0.2, -0.15) is 9.97 Å². The fourth-order valence-electron chi connectivity index (χ4n) is 7.47. The average Bonchev–Trinajstić information content (AvgIpc) is 3.71. The van der Waals surface area contributed by atoms with Crippen molar-refractivity contribution in [2.24, 2.45) is 0 Å². The fraction of sp³-hybridized carbons (Fsp3) is 0.286. The summed E-state index contributed by atoms with van der Waals surface area (Å²) >= 11 is 6.27. The maximum atomic E-state index is 16.8. The van der Waals surface area contributed by atoms with Crippen molar-refractivity contribution >= 4 is 44.8 Å². The van der Waals surface area contributed by atoms with Crippen LogP contribution in [0.3, 0.4) is 0 Å². The van der Waals surface area contributed by atoms with Crippen LogP contribution in [-0.2, 0) is 6.42 Å². The Balaban J connectivity index is 1.31. The highest BCUT2D eigenvalue weighted by Crippen LogP contribution is 2.43. The van der Waals surface area contributed by atoms with E-state index >= 15 is 4.39 Å². The Morgan fingerprint density at radius 2 is 2.00 bits per heavy atom. The van der Waals surface area contributed by atoms with Crippen molar-refractivity contribution < 1.29 is 23.0 Å². The van der Waals surface area contributed by atoms with Gasteiger partial charge in [-0.1, -0.05) is 23.6 Å². The molecule has 8 rings (SSSR count). The van der Waals surface area contributed by atoms with E-state index in [0.717, 1.165) is 30.6 Å². The molecule has 1 unspecified atom stereocenters. The number of pyridine rings is 1. The molecule has 2 saturated heterocycles. The molecule has 2 atom stereocenters. The Morgan fingerprint density at radius 1 is 1.13 bits per heavy atom. The molecule has 5 aromatic rings. The number of alkyl halides is 1. The highest BCUT2D eigenvalue weighted by Gasteiger charge is 2.49. The zero-order valence-electron chi connectivity index (χ0n) is 24.5. The number of phenols is 1. The van der Waals surface area contributed by atoms with Gasteiger partial charge in [-0.3, -0.25) is 9.88 Å². The van der Waals surface area contributed by atoms with Gasteiger partial charge in [-0.05, 0) is 73.2 Å². The van der Waals surface area contributed by atoms with Crippen LogP contribution in [0.1, 0.15) is 30.4 Å². The van der Waals surface area contributed by atoms with Gasteiger partial charge < -0.3 is 14.7 Å². The molecule has 3 aliphatic heterocycles. The first kappa shape index (κ1) is 28.9. The molecule has 11 heteroatoms. The number of aromatic nitrogens is 3. The second kappa shape index (κ2) is 10.7. The predicted molar refractivity (Wildman–Crippen MR) is 170 cm³/mol. The molecule has 7 nitrogen and oxygen atoms in total. The number of hydrogen-bond donors (Lipinski definition) is 1. The second-order valence-electron chi connectivity index (χ2n) is 12.2. The number of hydrogen-bond acceptors (Lipinski definition) is 7. The van der Waals surface area contributed by atoms with E-state index in [2.05, 4.69) is 20.8 Å². The Kier molecular flexibility index (Phi) is 6.74. The van der Waals surface area contributed by atoms with Crippen LogP contribution in [0.25, 0.3) is 32.9 Å². The molecule has 2 fully saturated rings. The van der Waals surface area contributed by atoms with Crippen molar-refractivity contribution in [2.75, 3.05) is 31.1 Å². The number of fused-ring (bicyclic) bond motifs is 4. The predicted octanol–water partition coefficient (Wildman–Crippen LogP) is 7.11. The van der Waals surface area contributed by atoms with Crippen molar-refractivity contribution in [3.8, 4) is 35.4 Å². The molecule has 0 radical (unpaired) electrons. The van der Waals surface area contributed by atoms with E-state index in [-0.39, 0.29) is 46.1 Å². The van der Waals surface area contributed by atoms with Crippen LogP contribution in [0.2, 0.25) is 5.02 Å². The minimum absolute atomic E-state index is 0.0550. The van der Waals surface area contributed by atoms with Crippen molar-refractivity contribution in [3.05, 3.63) is 76.4 Å². The normalized spacial score (nSPS) is 20.8. The van der Waals surface area contributed by atoms with Crippen molar-refractivity contribution in [1.29, 1.82) is 0 Å². The third-order valence-electron chi connectivity index (χ3n) is 9.52. The Bertz CT molecular complexity index is 2120. The Hall–Kier alpha value is -4.59. The molecule has 3 aliphatic rings. The standard InChI is InChI=1S/C35H27ClF3N5O2/c1-2-24-27(38)6-4-20-13-23(45)14-25(29(20)24)31-30(39)32-26(16-40-31)33(44-11-8-19-12-21(36)5-7-28(19)44)42-34(41-32)46-18-35-9-3-10-43(35)17-22(37)15-35/h1,4-7,12-14,16,22,45H,3,8-11,15,17-18H2/t22-,35?/m1/s1. The topological polar surface area (TPSA) is 74.6 Å². The maximum Gasteiger partial charge on any atom is 0.319 e. The van der Waals surface area contributed by atoms with Crippen LogP contribution in [0.5, 0.6) is 11.8 Å². The monoisotopic (exact) mass is 641 g/mol. The van der Waals surface area contributed by atoms with Gasteiger partial charge in [0, 0.05) is 47.4 Å². The van der Waals surface area contributed by atoms with Gasteiger partial charge in [0.15, 0.2) is 5.82 Å². The van der Waals surface area contributed by atoms with Gasteiger partial charge in [0.25, 0.3) is 0 Å². The van der Waals surface area contributed by atoms with Crippen LogP contribution < -0.4 is 9.64 Å². The van der Waals surface area contributed by atoms with Gasteiger partial charge in [0.1, 0.15) is 41.4 Å². The summed E-state index contributed by atoms with van der Waals surface area (Å²) in [6, 6.07) is 10.9. The number of rotatable bonds is 5. The number of benzene rings is 3. The number of nitrogens with zero attached hydrogens (tertiary/aromatic N) is 5. The van der Waals surface area contributed by atoms with Crippen LogP contribution in [0.15, 0.2) is 48.7 Å². The summed E-state index contributed by atoms with van der Waals surface area (Å²) < 4.78 is 52.4. The molecule has 5 heterocycles. The van der Waals surface area contributed by atoms with Crippen molar-refractivity contribution in [1.82, 2.24) is 19.9 Å². The quantitative estimate of drug-likeness (QED) is 0.205. The second-order valence-corrected chi connectivity index (χ2v) is 12.6. The first-order valence-corrected chi connectivity index (χ1v) is 15.5. The van der Waals surface area contributed by atoms with E-state index in [1.807, 2.05) is 17.0 Å². The van der Waals surface area contributed by atoms with Gasteiger partial charge in [0.05, 0.1) is 16.5 Å². The molecular weight excluding hydrogens is 615 g/mol. The van der Waals surface area contributed by atoms with Gasteiger partial charge in [0.2, 0.25) is 0 Å². The lowest BCUT2D eigenvalue weighted by Crippen LogP contribution is -2.43. The third-order valence-corrected chi connectivity index (χ3v) is 9.75. The summed E-state index contributed by atoms with van der Waals surface area (Å²) in [6.07, 6.45) is 8.97. The molecule has 0 spiro atoms. The lowest BCUT2D eigenvalue weighted by molar-refractivity contribution is 0.107. The number of terminal acetylenes is 1. The van der Waals surface area contributed by atoms with E-state index in [9.17, 15) is 13.9 Å². The number of phenolic OH excluding ortho intramolecular Hbond substituents is 1. The lowest BCUT2D eigenvalue weighted by Gasteiger charge is -2.31. The first-order chi connectivity index (χ1) is 22.2. The van der Waals surface area contributed by atoms with E-state index in [1.54, 1.807) is 6.07 Å². The molecule has 2 aromatic heterocycles. The summed E-state index contributed by atoms with van der Waals surface area (Å²) in [7, 11) is 0. The largest absolute Gasteiger partial charge is 0.508 e. The van der Waals surface area contributed by atoms with Gasteiger partial charge in [-0.25, -0.2) is 13.2 Å². The minimum Gasteiger partial charge on any atom is -0.508 e. The third kappa shape index (κ3) is 4.52. The molecule has 0 saturated carbocycles. The summed E-state index contributed by atoms with van der Waals surface area (Å²) in [5.74, 6) is 1.12. The first-order valence-electron chi connectivity index (χ1n) is 15.1. The van der Waals surface area contributed by atoms with E-state index in [1.165, 1.54) is 30.5 Å². The van der Waals surface area contributed by atoms with Crippen LogP contribution in [0.4, 0.5) is 24.7 Å². The van der Waals surface area contributed by atoms with Gasteiger partial charge >= 0.3 is 6.01 Å². The van der Waals surface area contributed by atoms with Crippen molar-refractivity contribution in [2.45, 2.75) is 37.4 Å². The van der Waals surface area contributed by atoms with E-state index < -0.39 is 23.3 Å². The number of halogens is 4. The van der Waals surface area contributed by atoms with E-state index in [0.29, 0.717) is 47.5 Å². The van der Waals surface area contributed by atoms with Crippen LogP contribution in [-0.4, -0.2) is 62.9 Å². The molecule has 0 bridgehead atoms. The highest BCUT2D eigenvalue weighted by atomic mass is 35.5. The summed E-state index contributed by atoms with van der Waals surface area (Å²) in [4.78, 5) is 17.8. The zero-order chi connectivity index (χ0) is 31.7. The Labute approximate surface area is 267 Å². The van der Waals surface area contributed by atoms with Crippen LogP contribution >= 0.6 is 11.6 Å². The molecule has 0 amide bonds. The van der Waals surface area contributed by atoms with Crippen LogP contribution in [0, 0.1) is 24.0 Å². The number of anilines is 2. The molecule has 1 N–H and O–H groups in total. The minimum atomic E-state index is -0.939. The maximum absolute atomic E-state index is 16.8. The molecule has 3 aromatic carbocycles. The highest BCUT2D eigenvalue weighted by molar-refractivity contribution is 6.30. The van der Waals surface area contributed by atoms with Gasteiger partial charge in [-0.15, -0.1) is 6.42 Å². The smallest absolute Gasteiger partial charge is 0.319 e. The SMILES string of the molecule is C#Cc1c(F)ccc2cc(O)cc(-c3ncc4c(N5CCc6cc(Cl)ccc65)nc(OCC56CCCN5C[C@H](F)C6)nc4c3F)c12. The lowest BCUT2D eigenvalue weighted by atomic mass is 9.95. The zero-order valence-corrected chi connectivity index (χ0v) is 25.3. The molecule has 232 valence electrons. The number of aromatic hydroxyl groups is 1. The molecule has 46 heavy (non-hydrogen) atoms. The fourth-order valence-corrected chi connectivity index (χ4v) is 7.67. The molecule has 0 aliphatic carbocycles.